The fraction of sp³-hybridized carbons (Fsp3) is 0.333. The summed E-state index contributed by atoms with van der Waals surface area (Å²) in [6.45, 7) is 6.32. The van der Waals surface area contributed by atoms with E-state index < -0.39 is 0 Å². The van der Waals surface area contributed by atoms with Crippen molar-refractivity contribution in [3.05, 3.63) is 63.8 Å². The number of fused-ring (bicyclic) bond motifs is 1. The van der Waals surface area contributed by atoms with Gasteiger partial charge in [-0.05, 0) is 53.0 Å². The number of carbonyl (C=O) groups is 1. The van der Waals surface area contributed by atoms with Gasteiger partial charge in [0.05, 0.1) is 11.4 Å². The molecule has 28 heavy (non-hydrogen) atoms. The third-order valence-corrected chi connectivity index (χ3v) is 5.67. The number of hydrogen-bond donors (Lipinski definition) is 0. The van der Waals surface area contributed by atoms with Crippen molar-refractivity contribution in [1.29, 1.82) is 0 Å². The lowest BCUT2D eigenvalue weighted by Crippen LogP contribution is -2.49. The van der Waals surface area contributed by atoms with Gasteiger partial charge in [-0.1, -0.05) is 19.1 Å². The predicted octanol–water partition coefficient (Wildman–Crippen LogP) is 4.07. The third kappa shape index (κ3) is 3.28. The number of aromatic nitrogens is 2. The van der Waals surface area contributed by atoms with Gasteiger partial charge in [0.2, 0.25) is 0 Å². The van der Waals surface area contributed by atoms with Gasteiger partial charge in [0, 0.05) is 36.8 Å². The van der Waals surface area contributed by atoms with E-state index in [0.29, 0.717) is 44.0 Å². The molecule has 3 aromatic rings. The maximum absolute atomic E-state index is 14.1. The zero-order valence-corrected chi connectivity index (χ0v) is 17.5. The first kappa shape index (κ1) is 18.9. The molecule has 7 heteroatoms. The first-order valence-corrected chi connectivity index (χ1v) is 10.2. The number of hydrogen-bond acceptors (Lipinski definition) is 3. The maximum Gasteiger partial charge on any atom is 0.272 e. The minimum absolute atomic E-state index is 0.0185. The van der Waals surface area contributed by atoms with E-state index >= 15 is 0 Å². The second kappa shape index (κ2) is 7.54. The molecule has 1 fully saturated rings. The average molecular weight is 445 g/mol. The molecule has 3 heterocycles. The molecule has 1 saturated heterocycles. The van der Waals surface area contributed by atoms with Crippen molar-refractivity contribution in [3.8, 4) is 0 Å². The second-order valence-electron chi connectivity index (χ2n) is 7.03. The van der Waals surface area contributed by atoms with Gasteiger partial charge in [-0.25, -0.2) is 9.37 Å². The van der Waals surface area contributed by atoms with Crippen LogP contribution < -0.4 is 4.90 Å². The van der Waals surface area contributed by atoms with Crippen LogP contribution in [-0.2, 0) is 6.42 Å². The number of halogens is 2. The first-order valence-electron chi connectivity index (χ1n) is 9.45. The Labute approximate surface area is 171 Å². The maximum atomic E-state index is 14.1. The van der Waals surface area contributed by atoms with Crippen LogP contribution in [-0.4, -0.2) is 46.4 Å². The summed E-state index contributed by atoms with van der Waals surface area (Å²) < 4.78 is 16.9. The molecule has 0 N–H and O–H groups in total. The Kier molecular flexibility index (Phi) is 5.10. The summed E-state index contributed by atoms with van der Waals surface area (Å²) in [5.74, 6) is -0.243. The number of carbonyl (C=O) groups excluding carboxylic acids is 1. The van der Waals surface area contributed by atoms with Crippen LogP contribution >= 0.6 is 15.9 Å². The molecule has 4 rings (SSSR count). The van der Waals surface area contributed by atoms with E-state index in [9.17, 15) is 9.18 Å². The third-order valence-electron chi connectivity index (χ3n) is 5.24. The van der Waals surface area contributed by atoms with Crippen molar-refractivity contribution in [3.63, 3.8) is 0 Å². The number of para-hydroxylation sites is 1. The Morgan fingerprint density at radius 3 is 2.61 bits per heavy atom. The number of pyridine rings is 1. The molecule has 0 bridgehead atoms. The Bertz CT molecular complexity index is 1040. The van der Waals surface area contributed by atoms with Gasteiger partial charge in [-0.15, -0.1) is 0 Å². The molecule has 0 radical (unpaired) electrons. The highest BCUT2D eigenvalue weighted by Gasteiger charge is 2.28. The molecular weight excluding hydrogens is 423 g/mol. The van der Waals surface area contributed by atoms with Crippen molar-refractivity contribution in [1.82, 2.24) is 14.3 Å². The van der Waals surface area contributed by atoms with E-state index in [-0.39, 0.29) is 11.7 Å². The van der Waals surface area contributed by atoms with Crippen LogP contribution in [0, 0.1) is 12.7 Å². The molecule has 146 valence electrons. The average Bonchev–Trinajstić information content (AvgIpc) is 3.07. The first-order chi connectivity index (χ1) is 13.5. The van der Waals surface area contributed by atoms with E-state index in [1.807, 2.05) is 46.4 Å². The lowest BCUT2D eigenvalue weighted by atomic mass is 10.2. The molecule has 0 saturated carbocycles. The number of anilines is 1. The van der Waals surface area contributed by atoms with Crippen LogP contribution in [0.3, 0.4) is 0 Å². The highest BCUT2D eigenvalue weighted by Crippen LogP contribution is 2.24. The highest BCUT2D eigenvalue weighted by molar-refractivity contribution is 9.10. The van der Waals surface area contributed by atoms with E-state index in [0.717, 1.165) is 21.4 Å². The summed E-state index contributed by atoms with van der Waals surface area (Å²) in [5.41, 5.74) is 3.86. The molecule has 2 aromatic heterocycles. The summed E-state index contributed by atoms with van der Waals surface area (Å²) in [6, 6.07) is 8.78. The number of amides is 1. The zero-order valence-electron chi connectivity index (χ0n) is 16.0. The van der Waals surface area contributed by atoms with Crippen molar-refractivity contribution in [2.24, 2.45) is 0 Å². The highest BCUT2D eigenvalue weighted by atomic mass is 79.9. The van der Waals surface area contributed by atoms with Crippen LogP contribution in [0.2, 0.25) is 0 Å². The van der Waals surface area contributed by atoms with Gasteiger partial charge in [0.1, 0.15) is 17.2 Å². The van der Waals surface area contributed by atoms with Crippen molar-refractivity contribution >= 4 is 33.2 Å². The van der Waals surface area contributed by atoms with Crippen LogP contribution in [0.4, 0.5) is 10.1 Å². The molecule has 5 nitrogen and oxygen atoms in total. The van der Waals surface area contributed by atoms with Gasteiger partial charge in [-0.2, -0.15) is 0 Å². The lowest BCUT2D eigenvalue weighted by Gasteiger charge is -2.36. The molecule has 0 atom stereocenters. The fourth-order valence-corrected chi connectivity index (χ4v) is 4.34. The predicted molar refractivity (Wildman–Crippen MR) is 112 cm³/mol. The zero-order chi connectivity index (χ0) is 19.8. The van der Waals surface area contributed by atoms with E-state index in [4.69, 9.17) is 4.98 Å². The van der Waals surface area contributed by atoms with Crippen LogP contribution in [0.25, 0.3) is 5.65 Å². The van der Waals surface area contributed by atoms with Gasteiger partial charge >= 0.3 is 0 Å². The number of benzene rings is 1. The van der Waals surface area contributed by atoms with Gasteiger partial charge in [-0.3, -0.25) is 9.20 Å². The molecule has 0 aliphatic carbocycles. The number of rotatable bonds is 3. The van der Waals surface area contributed by atoms with Crippen molar-refractivity contribution in [2.75, 3.05) is 31.1 Å². The van der Waals surface area contributed by atoms with E-state index in [1.54, 1.807) is 12.1 Å². The summed E-state index contributed by atoms with van der Waals surface area (Å²) in [5, 5.41) is 0. The minimum atomic E-state index is -0.224. The molecule has 0 unspecified atom stereocenters. The minimum Gasteiger partial charge on any atom is -0.366 e. The number of aryl methyl sites for hydroxylation is 2. The smallest absolute Gasteiger partial charge is 0.272 e. The topological polar surface area (TPSA) is 40.9 Å². The van der Waals surface area contributed by atoms with Crippen LogP contribution in [0.15, 0.2) is 41.0 Å². The van der Waals surface area contributed by atoms with Crippen LogP contribution in [0.5, 0.6) is 0 Å². The normalized spacial score (nSPS) is 14.7. The largest absolute Gasteiger partial charge is 0.366 e. The summed E-state index contributed by atoms with van der Waals surface area (Å²) in [6.07, 6.45) is 2.59. The number of nitrogens with zero attached hydrogens (tertiary/aromatic N) is 4. The second-order valence-corrected chi connectivity index (χ2v) is 7.94. The van der Waals surface area contributed by atoms with Crippen molar-refractivity contribution < 1.29 is 9.18 Å². The number of piperazine rings is 1. The SMILES string of the molecule is CCc1nc2c(C)cc(Br)cn2c1C(=O)N1CCN(c2ccccc2F)CC1. The lowest BCUT2D eigenvalue weighted by molar-refractivity contribution is 0.0738. The molecule has 0 spiro atoms. The van der Waals surface area contributed by atoms with Gasteiger partial charge < -0.3 is 9.80 Å². The molecule has 1 aromatic carbocycles. The van der Waals surface area contributed by atoms with Crippen LogP contribution in [0.1, 0.15) is 28.7 Å². The molecule has 1 amide bonds. The van der Waals surface area contributed by atoms with E-state index in [2.05, 4.69) is 15.9 Å². The Hall–Kier alpha value is -2.41. The van der Waals surface area contributed by atoms with Gasteiger partial charge in [0.15, 0.2) is 0 Å². The number of imidazole rings is 1. The monoisotopic (exact) mass is 444 g/mol. The van der Waals surface area contributed by atoms with Crippen molar-refractivity contribution in [2.45, 2.75) is 20.3 Å². The molecule has 1 aliphatic rings. The van der Waals surface area contributed by atoms with Gasteiger partial charge in [0.25, 0.3) is 5.91 Å². The fourth-order valence-electron chi connectivity index (χ4n) is 3.80. The van der Waals surface area contributed by atoms with E-state index in [1.165, 1.54) is 6.07 Å². The summed E-state index contributed by atoms with van der Waals surface area (Å²) in [7, 11) is 0. The quantitative estimate of drug-likeness (QED) is 0.611. The molecular formula is C21H22BrFN4O. The summed E-state index contributed by atoms with van der Waals surface area (Å²) >= 11 is 3.52. The Morgan fingerprint density at radius 1 is 1.21 bits per heavy atom. The summed E-state index contributed by atoms with van der Waals surface area (Å²) in [4.78, 5) is 21.9. The standard InChI is InChI=1S/C21H22BrFN4O/c1-3-17-19(27-13-15(22)12-14(2)20(27)24-17)21(28)26-10-8-25(9-11-26)18-7-5-4-6-16(18)23/h4-7,12-13H,3,8-11H2,1-2H3. The molecule has 1 aliphatic heterocycles. The Morgan fingerprint density at radius 2 is 1.93 bits per heavy atom. The Balaban J connectivity index is 1.60.